The molecule has 10 heteroatoms. The zero-order valence-electron chi connectivity index (χ0n) is 19.7. The lowest BCUT2D eigenvalue weighted by Gasteiger charge is -2.21. The van der Waals surface area contributed by atoms with Crippen molar-refractivity contribution < 1.29 is 17.4 Å². The summed E-state index contributed by atoms with van der Waals surface area (Å²) < 4.78 is 39.1. The first kappa shape index (κ1) is 23.4. The van der Waals surface area contributed by atoms with Crippen molar-refractivity contribution >= 4 is 10.0 Å². The average molecular weight is 494 g/mol. The molecule has 1 aliphatic heterocycles. The summed E-state index contributed by atoms with van der Waals surface area (Å²) in [5.74, 6) is 1.43. The number of rotatable bonds is 6. The number of hydrogen-bond acceptors (Lipinski definition) is 8. The van der Waals surface area contributed by atoms with Crippen LogP contribution in [-0.4, -0.2) is 59.2 Å². The van der Waals surface area contributed by atoms with Gasteiger partial charge in [-0.2, -0.15) is 4.31 Å². The van der Waals surface area contributed by atoms with Crippen LogP contribution in [0.4, 0.5) is 0 Å². The van der Waals surface area contributed by atoms with E-state index in [1.807, 2.05) is 56.3 Å². The van der Waals surface area contributed by atoms with Crippen LogP contribution in [0.3, 0.4) is 0 Å². The highest BCUT2D eigenvalue weighted by atomic mass is 32.2. The molecule has 0 radical (unpaired) electrons. The monoisotopic (exact) mass is 493 g/mol. The lowest BCUT2D eigenvalue weighted by molar-refractivity contribution is 0.251. The largest absolute Gasteiger partial charge is 0.419 e. The molecule has 5 rings (SSSR count). The molecule has 1 fully saturated rings. The Balaban J connectivity index is 1.28. The molecule has 0 bridgehead atoms. The minimum atomic E-state index is -3.52. The van der Waals surface area contributed by atoms with E-state index in [0.717, 1.165) is 24.1 Å². The van der Waals surface area contributed by atoms with Crippen molar-refractivity contribution in [1.29, 1.82) is 0 Å². The average Bonchev–Trinajstić information content (AvgIpc) is 3.39. The van der Waals surface area contributed by atoms with Crippen molar-refractivity contribution in [3.05, 3.63) is 71.8 Å². The Kier molecular flexibility index (Phi) is 6.50. The van der Waals surface area contributed by atoms with E-state index >= 15 is 0 Å². The van der Waals surface area contributed by atoms with Crippen molar-refractivity contribution in [2.45, 2.75) is 31.7 Å². The van der Waals surface area contributed by atoms with Gasteiger partial charge in [0.05, 0.1) is 11.4 Å². The van der Waals surface area contributed by atoms with Crippen molar-refractivity contribution in [3.63, 3.8) is 0 Å². The van der Waals surface area contributed by atoms with Crippen LogP contribution < -0.4 is 0 Å². The second-order valence-corrected chi connectivity index (χ2v) is 10.6. The normalized spacial score (nSPS) is 15.8. The van der Waals surface area contributed by atoms with Crippen molar-refractivity contribution in [1.82, 2.24) is 24.6 Å². The van der Waals surface area contributed by atoms with Gasteiger partial charge in [0, 0.05) is 25.2 Å². The number of sulfonamides is 1. The third-order valence-corrected chi connectivity index (χ3v) is 8.07. The Labute approximate surface area is 204 Å². The topological polar surface area (TPSA) is 106 Å². The number of aryl methyl sites for hydroxylation is 2. The van der Waals surface area contributed by atoms with Gasteiger partial charge in [-0.1, -0.05) is 53.2 Å². The van der Waals surface area contributed by atoms with E-state index < -0.39 is 10.0 Å². The summed E-state index contributed by atoms with van der Waals surface area (Å²) in [6.07, 6.45) is 0.717. The predicted octanol–water partition coefficient (Wildman–Crippen LogP) is 3.91. The molecule has 0 unspecified atom stereocenters. The van der Waals surface area contributed by atoms with Gasteiger partial charge in [-0.05, 0) is 38.9 Å². The van der Waals surface area contributed by atoms with Gasteiger partial charge in [0.25, 0.3) is 5.89 Å². The maximum Gasteiger partial charge on any atom is 0.253 e. The van der Waals surface area contributed by atoms with Gasteiger partial charge in [0.15, 0.2) is 0 Å². The number of aromatic nitrogens is 3. The second kappa shape index (κ2) is 9.73. The van der Waals surface area contributed by atoms with Gasteiger partial charge in [0.2, 0.25) is 15.9 Å². The standard InChI is InChI=1S/C25H27N5O4S/c1-18-9-11-21(12-10-18)35(31,32)30-14-6-13-29(15-16-30)17-22-26-27-25(33-22)23-19(2)34-28-24(23)20-7-4-3-5-8-20/h3-5,7-12H,6,13-17H2,1-2H3. The van der Waals surface area contributed by atoms with Crippen LogP contribution in [0.5, 0.6) is 0 Å². The van der Waals surface area contributed by atoms with Crippen LogP contribution in [0.25, 0.3) is 22.7 Å². The molecule has 35 heavy (non-hydrogen) atoms. The van der Waals surface area contributed by atoms with Gasteiger partial charge in [-0.3, -0.25) is 4.90 Å². The van der Waals surface area contributed by atoms with Crippen LogP contribution in [0.15, 0.2) is 68.4 Å². The third kappa shape index (κ3) is 4.90. The minimum Gasteiger partial charge on any atom is -0.419 e. The summed E-state index contributed by atoms with van der Waals surface area (Å²) in [5.41, 5.74) is 3.27. The zero-order valence-corrected chi connectivity index (χ0v) is 20.5. The highest BCUT2D eigenvalue weighted by Gasteiger charge is 2.28. The van der Waals surface area contributed by atoms with E-state index in [2.05, 4.69) is 20.3 Å². The van der Waals surface area contributed by atoms with Crippen LogP contribution in [0, 0.1) is 13.8 Å². The van der Waals surface area contributed by atoms with Crippen molar-refractivity contribution in [2.75, 3.05) is 26.2 Å². The lowest BCUT2D eigenvalue weighted by Crippen LogP contribution is -2.35. The van der Waals surface area contributed by atoms with E-state index in [1.165, 1.54) is 0 Å². The maximum atomic E-state index is 13.1. The van der Waals surface area contributed by atoms with Gasteiger partial charge >= 0.3 is 0 Å². The third-order valence-electron chi connectivity index (χ3n) is 6.16. The number of hydrogen-bond donors (Lipinski definition) is 0. The van der Waals surface area contributed by atoms with E-state index in [4.69, 9.17) is 8.94 Å². The Morgan fingerprint density at radius 1 is 0.914 bits per heavy atom. The molecular weight excluding hydrogens is 466 g/mol. The molecule has 0 saturated carbocycles. The Bertz CT molecular complexity index is 1400. The molecule has 2 aromatic carbocycles. The number of nitrogens with zero attached hydrogens (tertiary/aromatic N) is 5. The van der Waals surface area contributed by atoms with E-state index in [1.54, 1.807) is 16.4 Å². The summed E-state index contributed by atoms with van der Waals surface area (Å²) in [4.78, 5) is 2.47. The summed E-state index contributed by atoms with van der Waals surface area (Å²) in [5, 5.41) is 12.7. The van der Waals surface area contributed by atoms with Crippen LogP contribution >= 0.6 is 0 Å². The molecule has 2 aromatic heterocycles. The first-order chi connectivity index (χ1) is 16.9. The van der Waals surface area contributed by atoms with Gasteiger partial charge < -0.3 is 8.94 Å². The van der Waals surface area contributed by atoms with Gasteiger partial charge in [-0.25, -0.2) is 8.42 Å². The summed E-state index contributed by atoms with van der Waals surface area (Å²) >= 11 is 0. The predicted molar refractivity (Wildman–Crippen MR) is 130 cm³/mol. The van der Waals surface area contributed by atoms with E-state index in [9.17, 15) is 8.42 Å². The molecule has 0 N–H and O–H groups in total. The maximum absolute atomic E-state index is 13.1. The smallest absolute Gasteiger partial charge is 0.253 e. The van der Waals surface area contributed by atoms with E-state index in [-0.39, 0.29) is 0 Å². The molecule has 1 aliphatic rings. The van der Waals surface area contributed by atoms with Crippen molar-refractivity contribution in [3.8, 4) is 22.7 Å². The SMILES string of the molecule is Cc1ccc(S(=O)(=O)N2CCCN(Cc3nnc(-c4c(-c5ccccc5)noc4C)o3)CC2)cc1. The molecule has 4 aromatic rings. The van der Waals surface area contributed by atoms with Crippen LogP contribution in [0.2, 0.25) is 0 Å². The lowest BCUT2D eigenvalue weighted by atomic mass is 10.1. The fraction of sp³-hybridized carbons (Fsp3) is 0.320. The van der Waals surface area contributed by atoms with Crippen LogP contribution in [0.1, 0.15) is 23.6 Å². The zero-order chi connectivity index (χ0) is 24.4. The quantitative estimate of drug-likeness (QED) is 0.398. The first-order valence-corrected chi connectivity index (χ1v) is 13.0. The summed E-state index contributed by atoms with van der Waals surface area (Å²) in [7, 11) is -3.52. The number of benzene rings is 2. The summed E-state index contributed by atoms with van der Waals surface area (Å²) in [6.45, 7) is 6.38. The second-order valence-electron chi connectivity index (χ2n) is 8.68. The minimum absolute atomic E-state index is 0.330. The molecule has 0 amide bonds. The fourth-order valence-electron chi connectivity index (χ4n) is 4.23. The molecular formula is C25H27N5O4S. The molecule has 0 spiro atoms. The molecule has 0 atom stereocenters. The first-order valence-electron chi connectivity index (χ1n) is 11.6. The Morgan fingerprint density at radius 3 is 2.46 bits per heavy atom. The Morgan fingerprint density at radius 2 is 1.69 bits per heavy atom. The fourth-order valence-corrected chi connectivity index (χ4v) is 5.70. The van der Waals surface area contributed by atoms with E-state index in [0.29, 0.717) is 59.9 Å². The van der Waals surface area contributed by atoms with Gasteiger partial charge in [-0.15, -0.1) is 10.2 Å². The summed E-state index contributed by atoms with van der Waals surface area (Å²) in [6, 6.07) is 16.7. The molecule has 3 heterocycles. The molecule has 0 aliphatic carbocycles. The molecule has 9 nitrogen and oxygen atoms in total. The van der Waals surface area contributed by atoms with Crippen molar-refractivity contribution in [2.24, 2.45) is 0 Å². The Hall–Kier alpha value is -3.34. The highest BCUT2D eigenvalue weighted by Crippen LogP contribution is 2.33. The molecule has 182 valence electrons. The highest BCUT2D eigenvalue weighted by molar-refractivity contribution is 7.89. The molecule has 1 saturated heterocycles. The van der Waals surface area contributed by atoms with Crippen LogP contribution in [-0.2, 0) is 16.6 Å². The van der Waals surface area contributed by atoms with Gasteiger partial charge in [0.1, 0.15) is 17.0 Å².